The van der Waals surface area contributed by atoms with Gasteiger partial charge in [-0.25, -0.2) is 0 Å². The van der Waals surface area contributed by atoms with Crippen molar-refractivity contribution >= 4 is 5.97 Å². The Bertz CT molecular complexity index is 452. The average molecular weight is 262 g/mol. The molecule has 3 unspecified atom stereocenters. The fourth-order valence-electron chi connectivity index (χ4n) is 3.74. The van der Waals surface area contributed by atoms with Crippen molar-refractivity contribution in [2.75, 3.05) is 0 Å². The van der Waals surface area contributed by atoms with Gasteiger partial charge in [-0.15, -0.1) is 0 Å². The lowest BCUT2D eigenvalue weighted by Crippen LogP contribution is -2.50. The van der Waals surface area contributed by atoms with Crippen molar-refractivity contribution in [3.05, 3.63) is 35.9 Å². The summed E-state index contributed by atoms with van der Waals surface area (Å²) in [7, 11) is 0. The minimum absolute atomic E-state index is 0.232. The number of carbonyl (C=O) groups is 1. The molecule has 0 saturated heterocycles. The van der Waals surface area contributed by atoms with Gasteiger partial charge in [-0.3, -0.25) is 4.79 Å². The van der Waals surface area contributed by atoms with Gasteiger partial charge in [-0.2, -0.15) is 0 Å². The standard InChI is InChI=1S/C16H22O3/c1-3-16(14(17)18,12-8-5-4-6-9-12)13-10-7-11-15(13,2)19/h4-6,8-9,13,19H,3,7,10-11H2,1-2H3,(H,17,18). The van der Waals surface area contributed by atoms with Gasteiger partial charge in [0.2, 0.25) is 0 Å². The number of aliphatic hydroxyl groups is 1. The SMILES string of the molecule is CCC(C(=O)O)(c1ccccc1)C1CCCC1(C)O. The highest BCUT2D eigenvalue weighted by molar-refractivity contribution is 5.82. The Morgan fingerprint density at radius 2 is 2.05 bits per heavy atom. The molecule has 0 aromatic heterocycles. The first-order valence-corrected chi connectivity index (χ1v) is 6.96. The highest BCUT2D eigenvalue weighted by Gasteiger charge is 2.54. The fraction of sp³-hybridized carbons (Fsp3) is 0.562. The Kier molecular flexibility index (Phi) is 3.68. The van der Waals surface area contributed by atoms with Crippen molar-refractivity contribution in [2.24, 2.45) is 5.92 Å². The number of carboxylic acids is 1. The monoisotopic (exact) mass is 262 g/mol. The summed E-state index contributed by atoms with van der Waals surface area (Å²) >= 11 is 0. The molecule has 1 aliphatic carbocycles. The Morgan fingerprint density at radius 3 is 2.47 bits per heavy atom. The van der Waals surface area contributed by atoms with Crippen LogP contribution in [0.15, 0.2) is 30.3 Å². The van der Waals surface area contributed by atoms with Gasteiger partial charge in [0.25, 0.3) is 0 Å². The number of rotatable bonds is 4. The van der Waals surface area contributed by atoms with Crippen molar-refractivity contribution in [2.45, 2.75) is 50.5 Å². The maximum atomic E-state index is 12.0. The summed E-state index contributed by atoms with van der Waals surface area (Å²) in [5.41, 5.74) is -1.08. The van der Waals surface area contributed by atoms with Crippen molar-refractivity contribution in [3.63, 3.8) is 0 Å². The highest BCUT2D eigenvalue weighted by Crippen LogP contribution is 2.49. The lowest BCUT2D eigenvalue weighted by molar-refractivity contribution is -0.151. The molecule has 1 aliphatic rings. The second-order valence-electron chi connectivity index (χ2n) is 5.80. The lowest BCUT2D eigenvalue weighted by atomic mass is 9.63. The van der Waals surface area contributed by atoms with E-state index in [-0.39, 0.29) is 5.92 Å². The van der Waals surface area contributed by atoms with E-state index in [1.807, 2.05) is 37.3 Å². The molecule has 1 aromatic rings. The minimum atomic E-state index is -0.985. The van der Waals surface area contributed by atoms with Crippen molar-refractivity contribution in [3.8, 4) is 0 Å². The first-order valence-electron chi connectivity index (χ1n) is 6.96. The van der Waals surface area contributed by atoms with Crippen LogP contribution in [0.2, 0.25) is 0 Å². The largest absolute Gasteiger partial charge is 0.481 e. The summed E-state index contributed by atoms with van der Waals surface area (Å²) in [5.74, 6) is -1.06. The number of hydrogen-bond donors (Lipinski definition) is 2. The number of aliphatic carboxylic acids is 1. The van der Waals surface area contributed by atoms with Crippen LogP contribution in [0.1, 0.15) is 45.1 Å². The molecule has 3 nitrogen and oxygen atoms in total. The summed E-state index contributed by atoms with van der Waals surface area (Å²) in [4.78, 5) is 12.0. The molecule has 19 heavy (non-hydrogen) atoms. The van der Waals surface area contributed by atoms with Crippen LogP contribution in [-0.4, -0.2) is 21.8 Å². The molecule has 0 spiro atoms. The smallest absolute Gasteiger partial charge is 0.314 e. The third-order valence-electron chi connectivity index (χ3n) is 4.75. The molecule has 1 fully saturated rings. The molecule has 0 amide bonds. The Morgan fingerprint density at radius 1 is 1.42 bits per heavy atom. The molecule has 0 bridgehead atoms. The third kappa shape index (κ3) is 2.16. The second-order valence-corrected chi connectivity index (χ2v) is 5.80. The molecule has 2 rings (SSSR count). The van der Waals surface area contributed by atoms with E-state index in [2.05, 4.69) is 0 Å². The van der Waals surface area contributed by atoms with Gasteiger partial charge in [-0.05, 0) is 31.7 Å². The zero-order valence-electron chi connectivity index (χ0n) is 11.6. The Labute approximate surface area is 114 Å². The van der Waals surface area contributed by atoms with Crippen LogP contribution in [0.3, 0.4) is 0 Å². The molecule has 0 heterocycles. The molecular formula is C16H22O3. The van der Waals surface area contributed by atoms with E-state index in [1.54, 1.807) is 6.92 Å². The van der Waals surface area contributed by atoms with E-state index in [0.29, 0.717) is 12.8 Å². The van der Waals surface area contributed by atoms with Gasteiger partial charge in [-0.1, -0.05) is 43.7 Å². The van der Waals surface area contributed by atoms with E-state index < -0.39 is 17.0 Å². The van der Waals surface area contributed by atoms with Crippen molar-refractivity contribution in [1.29, 1.82) is 0 Å². The third-order valence-corrected chi connectivity index (χ3v) is 4.75. The highest BCUT2D eigenvalue weighted by atomic mass is 16.4. The van der Waals surface area contributed by atoms with E-state index in [1.165, 1.54) is 0 Å². The molecule has 0 aliphatic heterocycles. The molecule has 104 valence electrons. The summed E-state index contributed by atoms with van der Waals surface area (Å²) < 4.78 is 0. The number of hydrogen-bond acceptors (Lipinski definition) is 2. The summed E-state index contributed by atoms with van der Waals surface area (Å²) in [5, 5.41) is 20.4. The molecule has 3 atom stereocenters. The van der Waals surface area contributed by atoms with E-state index in [4.69, 9.17) is 0 Å². The van der Waals surface area contributed by atoms with Gasteiger partial charge >= 0.3 is 5.97 Å². The van der Waals surface area contributed by atoms with Gasteiger partial charge in [0.15, 0.2) is 0 Å². The Balaban J connectivity index is 2.56. The van der Waals surface area contributed by atoms with Crippen LogP contribution in [0.4, 0.5) is 0 Å². The maximum absolute atomic E-state index is 12.0. The average Bonchev–Trinajstić information content (AvgIpc) is 2.73. The van der Waals surface area contributed by atoms with Gasteiger partial charge in [0, 0.05) is 5.92 Å². The van der Waals surface area contributed by atoms with Crippen LogP contribution in [0, 0.1) is 5.92 Å². The zero-order valence-corrected chi connectivity index (χ0v) is 11.6. The zero-order chi connectivity index (χ0) is 14.1. The van der Waals surface area contributed by atoms with Crippen LogP contribution in [0.5, 0.6) is 0 Å². The molecule has 3 heteroatoms. The predicted molar refractivity (Wildman–Crippen MR) is 74.0 cm³/mol. The van der Waals surface area contributed by atoms with Crippen LogP contribution in [0.25, 0.3) is 0 Å². The molecule has 2 N–H and O–H groups in total. The maximum Gasteiger partial charge on any atom is 0.314 e. The van der Waals surface area contributed by atoms with Crippen LogP contribution >= 0.6 is 0 Å². The molecule has 1 aromatic carbocycles. The number of carboxylic acid groups (broad SMARTS) is 1. The quantitative estimate of drug-likeness (QED) is 0.877. The van der Waals surface area contributed by atoms with Gasteiger partial charge in [0.1, 0.15) is 0 Å². The summed E-state index contributed by atoms with van der Waals surface area (Å²) in [6.45, 7) is 3.68. The molecular weight excluding hydrogens is 240 g/mol. The topological polar surface area (TPSA) is 57.5 Å². The molecule has 1 saturated carbocycles. The van der Waals surface area contributed by atoms with Gasteiger partial charge < -0.3 is 10.2 Å². The number of benzene rings is 1. The van der Waals surface area contributed by atoms with Gasteiger partial charge in [0.05, 0.1) is 11.0 Å². The lowest BCUT2D eigenvalue weighted by Gasteiger charge is -2.41. The summed E-state index contributed by atoms with van der Waals surface area (Å²) in [6.07, 6.45) is 2.83. The Hall–Kier alpha value is -1.35. The second kappa shape index (κ2) is 4.97. The first kappa shape index (κ1) is 14.1. The van der Waals surface area contributed by atoms with Crippen LogP contribution in [-0.2, 0) is 10.2 Å². The summed E-state index contributed by atoms with van der Waals surface area (Å²) in [6, 6.07) is 9.36. The first-order chi connectivity index (χ1) is 8.95. The normalized spacial score (nSPS) is 29.9. The molecule has 0 radical (unpaired) electrons. The van der Waals surface area contributed by atoms with Crippen LogP contribution < -0.4 is 0 Å². The van der Waals surface area contributed by atoms with Crippen molar-refractivity contribution in [1.82, 2.24) is 0 Å². The fourth-order valence-corrected chi connectivity index (χ4v) is 3.74. The van der Waals surface area contributed by atoms with E-state index >= 15 is 0 Å². The minimum Gasteiger partial charge on any atom is -0.481 e. The predicted octanol–water partition coefficient (Wildman–Crippen LogP) is 2.97. The van der Waals surface area contributed by atoms with E-state index in [9.17, 15) is 15.0 Å². The van der Waals surface area contributed by atoms with Crippen molar-refractivity contribution < 1.29 is 15.0 Å². The van der Waals surface area contributed by atoms with E-state index in [0.717, 1.165) is 18.4 Å².